The Balaban J connectivity index is 0.000000179. The lowest BCUT2D eigenvalue weighted by Gasteiger charge is -2.37. The molecule has 4 aliphatic rings. The number of methoxy groups -OCH3 is 3. The van der Waals surface area contributed by atoms with Gasteiger partial charge in [0.05, 0.1) is 18.2 Å². The quantitative estimate of drug-likeness (QED) is 0.410. The highest BCUT2D eigenvalue weighted by atomic mass is 16.7. The summed E-state index contributed by atoms with van der Waals surface area (Å²) in [5.41, 5.74) is 0. The van der Waals surface area contributed by atoms with Gasteiger partial charge in [-0.25, -0.2) is 0 Å². The first-order chi connectivity index (χ1) is 14.9. The molecule has 0 radical (unpaired) electrons. The Hall–Kier alpha value is -0.320. The minimum atomic E-state index is 0.0568. The molecule has 2 N–H and O–H groups in total. The van der Waals surface area contributed by atoms with E-state index in [0.29, 0.717) is 68.3 Å². The van der Waals surface area contributed by atoms with E-state index in [4.69, 9.17) is 28.4 Å². The summed E-state index contributed by atoms with van der Waals surface area (Å²) < 4.78 is 32.3. The first kappa shape index (κ1) is 25.3. The van der Waals surface area contributed by atoms with Gasteiger partial charge in [0, 0.05) is 39.5 Å². The summed E-state index contributed by atoms with van der Waals surface area (Å²) >= 11 is 0. The van der Waals surface area contributed by atoms with Crippen LogP contribution in [0.4, 0.5) is 0 Å². The van der Waals surface area contributed by atoms with Crippen LogP contribution in [-0.4, -0.2) is 84.2 Å². The maximum absolute atomic E-state index is 5.78. The summed E-state index contributed by atoms with van der Waals surface area (Å²) in [6, 6.07) is 2.39. The van der Waals surface area contributed by atoms with Crippen LogP contribution in [0.1, 0.15) is 34.6 Å². The second-order valence-corrected chi connectivity index (χ2v) is 9.85. The lowest BCUT2D eigenvalue weighted by atomic mass is 9.74. The monoisotopic (exact) mass is 444 g/mol. The van der Waals surface area contributed by atoms with Gasteiger partial charge >= 0.3 is 0 Å². The van der Waals surface area contributed by atoms with Crippen molar-refractivity contribution in [2.45, 2.75) is 77.1 Å². The molecule has 0 aromatic rings. The van der Waals surface area contributed by atoms with Crippen molar-refractivity contribution in [3.8, 4) is 0 Å². The molecule has 0 spiro atoms. The molecule has 182 valence electrons. The summed E-state index contributed by atoms with van der Waals surface area (Å²) in [7, 11) is 4.96. The van der Waals surface area contributed by atoms with Gasteiger partial charge in [-0.05, 0) is 29.6 Å². The minimum absolute atomic E-state index is 0.0568. The van der Waals surface area contributed by atoms with Crippen molar-refractivity contribution in [1.82, 2.24) is 10.6 Å². The Morgan fingerprint density at radius 1 is 0.452 bits per heavy atom. The topological polar surface area (TPSA) is 99.3 Å². The Labute approximate surface area is 188 Å². The molecule has 4 fully saturated rings. The van der Waals surface area contributed by atoms with E-state index in [0.717, 1.165) is 12.0 Å². The highest BCUT2D eigenvalue weighted by Crippen LogP contribution is 2.43. The van der Waals surface area contributed by atoms with Crippen molar-refractivity contribution in [3.05, 3.63) is 0 Å². The molecule has 8 nitrogen and oxygen atoms in total. The highest BCUT2D eigenvalue weighted by molar-refractivity contribution is 5.14. The summed E-state index contributed by atoms with van der Waals surface area (Å²) in [6.07, 6.45) is 0.471. The maximum Gasteiger partial charge on any atom is 0.146 e. The molecule has 2 aliphatic heterocycles. The average molecular weight is 445 g/mol. The highest BCUT2D eigenvalue weighted by Gasteiger charge is 2.57. The van der Waals surface area contributed by atoms with Crippen LogP contribution in [-0.2, 0) is 28.4 Å². The largest absolute Gasteiger partial charge is 0.359 e. The van der Waals surface area contributed by atoms with Crippen LogP contribution in [0.5, 0.6) is 0 Å². The van der Waals surface area contributed by atoms with Crippen molar-refractivity contribution in [2.75, 3.05) is 41.7 Å². The van der Waals surface area contributed by atoms with Crippen LogP contribution in [0, 0.1) is 29.6 Å². The van der Waals surface area contributed by atoms with Crippen molar-refractivity contribution in [1.29, 1.82) is 0 Å². The molecule has 0 unspecified atom stereocenters. The van der Waals surface area contributed by atoms with E-state index in [1.54, 1.807) is 21.3 Å². The summed E-state index contributed by atoms with van der Waals surface area (Å²) in [4.78, 5) is 0. The van der Waals surface area contributed by atoms with Crippen molar-refractivity contribution >= 4 is 0 Å². The van der Waals surface area contributed by atoms with Crippen LogP contribution in [0.3, 0.4) is 0 Å². The zero-order valence-corrected chi connectivity index (χ0v) is 20.5. The van der Waals surface area contributed by atoms with E-state index in [-0.39, 0.29) is 12.2 Å². The molecule has 2 saturated heterocycles. The summed E-state index contributed by atoms with van der Waals surface area (Å²) in [5, 5.41) is 7.02. The third-order valence-corrected chi connectivity index (χ3v) is 8.05. The molecule has 4 rings (SSSR count). The normalized spacial score (nSPS) is 47.6. The van der Waals surface area contributed by atoms with Crippen LogP contribution in [0.2, 0.25) is 0 Å². The fourth-order valence-corrected chi connectivity index (χ4v) is 5.70. The number of fused-ring (bicyclic) bond motifs is 2. The minimum Gasteiger partial charge on any atom is -0.359 e. The van der Waals surface area contributed by atoms with Gasteiger partial charge in [0.25, 0.3) is 0 Å². The van der Waals surface area contributed by atoms with Gasteiger partial charge in [-0.15, -0.1) is 0 Å². The zero-order valence-electron chi connectivity index (χ0n) is 20.5. The van der Waals surface area contributed by atoms with E-state index in [1.165, 1.54) is 0 Å². The summed E-state index contributed by atoms with van der Waals surface area (Å²) in [5.74, 6) is 3.00. The van der Waals surface area contributed by atoms with Crippen LogP contribution >= 0.6 is 0 Å². The van der Waals surface area contributed by atoms with E-state index >= 15 is 0 Å². The second kappa shape index (κ2) is 11.2. The molecular formula is C23H44N2O6. The van der Waals surface area contributed by atoms with E-state index in [9.17, 15) is 0 Å². The number of hydrogen-bond acceptors (Lipinski definition) is 8. The van der Waals surface area contributed by atoms with Crippen LogP contribution in [0.25, 0.3) is 0 Å². The van der Waals surface area contributed by atoms with Gasteiger partial charge in [-0.3, -0.25) is 0 Å². The number of rotatable bonds is 9. The lowest BCUT2D eigenvalue weighted by Crippen LogP contribution is -2.49. The van der Waals surface area contributed by atoms with Gasteiger partial charge in [-0.1, -0.05) is 34.6 Å². The fraction of sp³-hybridized carbons (Fsp3) is 1.00. The molecule has 8 heteroatoms. The molecule has 0 aromatic carbocycles. The first-order valence-corrected chi connectivity index (χ1v) is 11.7. The number of nitrogens with one attached hydrogen (secondary N) is 2. The molecule has 2 aliphatic carbocycles. The first-order valence-electron chi connectivity index (χ1n) is 11.7. The molecular weight excluding hydrogens is 400 g/mol. The van der Waals surface area contributed by atoms with Crippen molar-refractivity contribution < 1.29 is 28.4 Å². The predicted molar refractivity (Wildman–Crippen MR) is 117 cm³/mol. The fourth-order valence-electron chi connectivity index (χ4n) is 5.70. The van der Waals surface area contributed by atoms with Crippen LogP contribution in [0.15, 0.2) is 0 Å². The van der Waals surface area contributed by atoms with Gasteiger partial charge in [-0.2, -0.15) is 0 Å². The Bertz CT molecular complexity index is 554. The Kier molecular flexibility index (Phi) is 9.15. The maximum atomic E-state index is 5.78. The van der Waals surface area contributed by atoms with Gasteiger partial charge in [0.2, 0.25) is 0 Å². The van der Waals surface area contributed by atoms with E-state index in [1.807, 2.05) is 0 Å². The van der Waals surface area contributed by atoms with Gasteiger partial charge in [0.1, 0.15) is 26.5 Å². The molecule has 0 amide bonds. The smallest absolute Gasteiger partial charge is 0.146 e. The Morgan fingerprint density at radius 2 is 0.839 bits per heavy atom. The standard InChI is InChI=1S/C12H23NO4.C11H21NO2/c1-7-8(2)11(16-5-14-3)12(17-6-15-4)10-9(7)13-10;1-6-7(2)11(14-5-13-4)8(3)10-9(6)12-10/h7-13H,5-6H2,1-4H3;6-12H,5H2,1-4H3/t7-,8+,9+,10+,11+,12+;6-,7-,8+,9-,10+,11+/m10/s1. The van der Waals surface area contributed by atoms with E-state index in [2.05, 4.69) is 45.3 Å². The summed E-state index contributed by atoms with van der Waals surface area (Å²) in [6.45, 7) is 12.4. The zero-order chi connectivity index (χ0) is 22.7. The molecule has 31 heavy (non-hydrogen) atoms. The SMILES string of the molecule is COCO[C@H]1[C@@H](C)[C@@H](C)[C@@H]2N[C@@H]2[C@@H]1OCOC.COCO[C@H]1[C@H](C)[C@H]2N[C@H]2[C@@H](C)[C@@H]1C. The molecule has 12 atom stereocenters. The van der Waals surface area contributed by atoms with Crippen LogP contribution < -0.4 is 10.6 Å². The van der Waals surface area contributed by atoms with Crippen molar-refractivity contribution in [3.63, 3.8) is 0 Å². The average Bonchev–Trinajstić information content (AvgIpc) is 3.67. The third-order valence-electron chi connectivity index (χ3n) is 8.05. The van der Waals surface area contributed by atoms with Gasteiger partial charge in [0.15, 0.2) is 0 Å². The van der Waals surface area contributed by atoms with E-state index < -0.39 is 0 Å². The molecule has 0 aromatic heterocycles. The second-order valence-electron chi connectivity index (χ2n) is 9.85. The molecule has 2 saturated carbocycles. The predicted octanol–water partition coefficient (Wildman–Crippen LogP) is 1.83. The number of ether oxygens (including phenoxy) is 6. The molecule has 2 heterocycles. The Morgan fingerprint density at radius 3 is 1.39 bits per heavy atom. The van der Waals surface area contributed by atoms with Gasteiger partial charge < -0.3 is 39.1 Å². The third kappa shape index (κ3) is 5.61. The number of hydrogen-bond donors (Lipinski definition) is 2. The molecule has 0 bridgehead atoms. The van der Waals surface area contributed by atoms with Crippen molar-refractivity contribution in [2.24, 2.45) is 29.6 Å². The lowest BCUT2D eigenvalue weighted by molar-refractivity contribution is -0.182.